The van der Waals surface area contributed by atoms with E-state index in [0.29, 0.717) is 5.56 Å². The molecule has 1 amide bonds. The number of rotatable bonds is 8. The molecular formula is C29H28N6OS. The van der Waals surface area contributed by atoms with Crippen LogP contribution in [0.4, 0.5) is 0 Å². The van der Waals surface area contributed by atoms with E-state index in [1.54, 1.807) is 16.0 Å². The molecule has 6 rings (SSSR count). The van der Waals surface area contributed by atoms with Crippen LogP contribution in [-0.2, 0) is 25.7 Å². The van der Waals surface area contributed by atoms with Gasteiger partial charge in [-0.15, -0.1) is 11.3 Å². The van der Waals surface area contributed by atoms with Gasteiger partial charge in [0.15, 0.2) is 0 Å². The quantitative estimate of drug-likeness (QED) is 0.304. The maximum Gasteiger partial charge on any atom is 0.252 e. The van der Waals surface area contributed by atoms with Crippen LogP contribution >= 0.6 is 11.3 Å². The van der Waals surface area contributed by atoms with Gasteiger partial charge < -0.3 is 10.6 Å². The van der Waals surface area contributed by atoms with Crippen LogP contribution in [0.5, 0.6) is 0 Å². The van der Waals surface area contributed by atoms with Crippen LogP contribution in [0.15, 0.2) is 71.8 Å². The van der Waals surface area contributed by atoms with Gasteiger partial charge in [0.05, 0.1) is 34.2 Å². The summed E-state index contributed by atoms with van der Waals surface area (Å²) in [5, 5.41) is 14.2. The molecule has 8 heteroatoms. The first kappa shape index (κ1) is 23.5. The van der Waals surface area contributed by atoms with Gasteiger partial charge in [0.1, 0.15) is 0 Å². The maximum absolute atomic E-state index is 13.5. The minimum absolute atomic E-state index is 0.0409. The average molecular weight is 509 g/mol. The molecule has 1 aliphatic rings. The molecular weight excluding hydrogens is 480 g/mol. The van der Waals surface area contributed by atoms with Gasteiger partial charge in [-0.2, -0.15) is 5.10 Å². The molecule has 7 nitrogen and oxygen atoms in total. The highest BCUT2D eigenvalue weighted by Crippen LogP contribution is 2.48. The first-order chi connectivity index (χ1) is 18.0. The first-order valence-corrected chi connectivity index (χ1v) is 13.3. The van der Waals surface area contributed by atoms with Crippen LogP contribution in [0.3, 0.4) is 0 Å². The van der Waals surface area contributed by atoms with Crippen LogP contribution < -0.4 is 10.6 Å². The molecule has 3 heterocycles. The fraction of sp³-hybridized carbons (Fsp3) is 0.241. The summed E-state index contributed by atoms with van der Waals surface area (Å²) in [7, 11) is 1.90. The van der Waals surface area contributed by atoms with Crippen molar-refractivity contribution in [3.63, 3.8) is 0 Å². The lowest BCUT2D eigenvalue weighted by Gasteiger charge is -2.21. The SMILES string of the molecule is Cc1cc(CNCc2cscn2)ccc1C(=O)NC1(c2cc(-c3cnn(C)c3)nc3ccccc23)CC1. The Morgan fingerprint density at radius 1 is 1.14 bits per heavy atom. The van der Waals surface area contributed by atoms with E-state index in [0.717, 1.165) is 70.5 Å². The Morgan fingerprint density at radius 3 is 2.73 bits per heavy atom. The van der Waals surface area contributed by atoms with E-state index < -0.39 is 5.54 Å². The largest absolute Gasteiger partial charge is 0.342 e. The zero-order valence-electron chi connectivity index (χ0n) is 20.9. The van der Waals surface area contributed by atoms with E-state index >= 15 is 0 Å². The summed E-state index contributed by atoms with van der Waals surface area (Å²) in [6.07, 6.45) is 5.60. The second kappa shape index (κ2) is 9.53. The van der Waals surface area contributed by atoms with E-state index in [-0.39, 0.29) is 5.91 Å². The van der Waals surface area contributed by atoms with Gasteiger partial charge in [-0.3, -0.25) is 9.48 Å². The van der Waals surface area contributed by atoms with E-state index in [2.05, 4.69) is 38.9 Å². The molecule has 2 N–H and O–H groups in total. The Bertz CT molecular complexity index is 1590. The Morgan fingerprint density at radius 2 is 2.00 bits per heavy atom. The number of hydrogen-bond donors (Lipinski definition) is 2. The van der Waals surface area contributed by atoms with Gasteiger partial charge in [-0.05, 0) is 54.7 Å². The van der Waals surface area contributed by atoms with Gasteiger partial charge in [0, 0.05) is 48.2 Å². The molecule has 0 unspecified atom stereocenters. The number of pyridine rings is 1. The average Bonchev–Trinajstić information content (AvgIpc) is 3.25. The summed E-state index contributed by atoms with van der Waals surface area (Å²) in [5.74, 6) is -0.0409. The molecule has 0 saturated heterocycles. The molecule has 5 aromatic rings. The van der Waals surface area contributed by atoms with Crippen molar-refractivity contribution in [1.82, 2.24) is 30.4 Å². The zero-order chi connectivity index (χ0) is 25.4. The third-order valence-corrected chi connectivity index (χ3v) is 7.62. The highest BCUT2D eigenvalue weighted by atomic mass is 32.1. The lowest BCUT2D eigenvalue weighted by Crippen LogP contribution is -2.35. The van der Waals surface area contributed by atoms with Crippen molar-refractivity contribution in [1.29, 1.82) is 0 Å². The third kappa shape index (κ3) is 4.77. The Hall–Kier alpha value is -3.88. The summed E-state index contributed by atoms with van der Waals surface area (Å²) in [6, 6.07) is 16.3. The van der Waals surface area contributed by atoms with Crippen molar-refractivity contribution < 1.29 is 4.79 Å². The number of para-hydroxylation sites is 1. The molecule has 37 heavy (non-hydrogen) atoms. The topological polar surface area (TPSA) is 84.7 Å². The Kier molecular flexibility index (Phi) is 6.06. The van der Waals surface area contributed by atoms with Crippen LogP contribution in [0, 0.1) is 6.92 Å². The zero-order valence-corrected chi connectivity index (χ0v) is 21.7. The van der Waals surface area contributed by atoms with Crippen molar-refractivity contribution >= 4 is 28.1 Å². The maximum atomic E-state index is 13.5. The molecule has 0 bridgehead atoms. The Labute approximate surface area is 219 Å². The van der Waals surface area contributed by atoms with E-state index in [4.69, 9.17) is 4.98 Å². The minimum Gasteiger partial charge on any atom is -0.342 e. The van der Waals surface area contributed by atoms with Crippen molar-refractivity contribution in [2.75, 3.05) is 0 Å². The van der Waals surface area contributed by atoms with Crippen molar-refractivity contribution in [2.24, 2.45) is 7.05 Å². The number of nitrogens with zero attached hydrogens (tertiary/aromatic N) is 4. The van der Waals surface area contributed by atoms with Crippen LogP contribution in [0.1, 0.15) is 45.6 Å². The number of fused-ring (bicyclic) bond motifs is 1. The van der Waals surface area contributed by atoms with Crippen LogP contribution in [-0.4, -0.2) is 25.7 Å². The van der Waals surface area contributed by atoms with Crippen molar-refractivity contribution in [3.05, 3.63) is 99.8 Å². The van der Waals surface area contributed by atoms with E-state index in [1.165, 1.54) is 0 Å². The van der Waals surface area contributed by atoms with Gasteiger partial charge in [-0.1, -0.05) is 30.3 Å². The number of carbonyl (C=O) groups excluding carboxylic acids is 1. The molecule has 0 aliphatic heterocycles. The predicted molar refractivity (Wildman–Crippen MR) is 146 cm³/mol. The molecule has 2 aromatic carbocycles. The second-order valence-electron chi connectivity index (χ2n) is 9.74. The van der Waals surface area contributed by atoms with E-state index in [1.807, 2.05) is 67.6 Å². The van der Waals surface area contributed by atoms with Crippen molar-refractivity contribution in [3.8, 4) is 11.3 Å². The predicted octanol–water partition coefficient (Wildman–Crippen LogP) is 5.11. The fourth-order valence-electron chi connectivity index (χ4n) is 4.89. The van der Waals surface area contributed by atoms with Crippen molar-refractivity contribution in [2.45, 2.75) is 38.4 Å². The first-order valence-electron chi connectivity index (χ1n) is 12.4. The highest BCUT2D eigenvalue weighted by molar-refractivity contribution is 7.07. The lowest BCUT2D eigenvalue weighted by atomic mass is 9.96. The van der Waals surface area contributed by atoms with E-state index in [9.17, 15) is 4.79 Å². The number of thiazole rings is 1. The van der Waals surface area contributed by atoms with Gasteiger partial charge in [0.2, 0.25) is 0 Å². The summed E-state index contributed by atoms with van der Waals surface area (Å²) in [4.78, 5) is 22.7. The molecule has 186 valence electrons. The van der Waals surface area contributed by atoms with Gasteiger partial charge >= 0.3 is 0 Å². The smallest absolute Gasteiger partial charge is 0.252 e. The number of aromatic nitrogens is 4. The Balaban J connectivity index is 1.24. The summed E-state index contributed by atoms with van der Waals surface area (Å²) in [6.45, 7) is 3.46. The standard InChI is InChI=1S/C29H28N6OS/c1-19-11-20(13-30-15-22-17-37-18-31-22)7-8-23(19)28(36)34-29(9-10-29)25-12-27(21-14-32-35(2)16-21)33-26-6-4-3-5-24(25)26/h3-8,11-12,14,16-18,30H,9-10,13,15H2,1-2H3,(H,34,36). The normalized spacial score (nSPS) is 14.1. The number of carbonyl (C=O) groups is 1. The van der Waals surface area contributed by atoms with Gasteiger partial charge in [-0.25, -0.2) is 9.97 Å². The number of nitrogens with one attached hydrogen (secondary N) is 2. The lowest BCUT2D eigenvalue weighted by molar-refractivity contribution is 0.0930. The fourth-order valence-corrected chi connectivity index (χ4v) is 5.45. The number of benzene rings is 2. The number of amides is 1. The molecule has 0 spiro atoms. The highest BCUT2D eigenvalue weighted by Gasteiger charge is 2.47. The molecule has 0 radical (unpaired) electrons. The number of aryl methyl sites for hydroxylation is 2. The second-order valence-corrected chi connectivity index (χ2v) is 10.5. The summed E-state index contributed by atoms with van der Waals surface area (Å²) in [5.41, 5.74) is 9.19. The number of hydrogen-bond acceptors (Lipinski definition) is 6. The third-order valence-electron chi connectivity index (χ3n) is 6.99. The monoisotopic (exact) mass is 508 g/mol. The summed E-state index contributed by atoms with van der Waals surface area (Å²) < 4.78 is 1.78. The van der Waals surface area contributed by atoms with Crippen LogP contribution in [0.2, 0.25) is 0 Å². The van der Waals surface area contributed by atoms with Gasteiger partial charge in [0.25, 0.3) is 5.91 Å². The summed E-state index contributed by atoms with van der Waals surface area (Å²) >= 11 is 1.60. The molecule has 3 aromatic heterocycles. The molecule has 1 saturated carbocycles. The minimum atomic E-state index is -0.392. The molecule has 1 aliphatic carbocycles. The molecule has 1 fully saturated rings. The molecule has 0 atom stereocenters. The van der Waals surface area contributed by atoms with Crippen LogP contribution in [0.25, 0.3) is 22.2 Å².